The molecule has 13 heavy (non-hydrogen) atoms. The first-order valence-electron chi connectivity index (χ1n) is 3.78. The van der Waals surface area contributed by atoms with Crippen molar-refractivity contribution in [2.24, 2.45) is 0 Å². The van der Waals surface area contributed by atoms with Crippen LogP contribution in [-0.2, 0) is 4.74 Å². The second-order valence-electron chi connectivity index (χ2n) is 2.18. The van der Waals surface area contributed by atoms with Crippen molar-refractivity contribution in [3.05, 3.63) is 22.8 Å². The molecular weight excluding hydrogens is 236 g/mol. The van der Waals surface area contributed by atoms with Gasteiger partial charge in [0.2, 0.25) is 0 Å². The highest BCUT2D eigenvalue weighted by molar-refractivity contribution is 9.10. The van der Waals surface area contributed by atoms with E-state index in [9.17, 15) is 4.79 Å². The van der Waals surface area contributed by atoms with E-state index in [2.05, 4.69) is 31.0 Å². The highest BCUT2D eigenvalue weighted by Crippen LogP contribution is 2.18. The normalized spacial score (nSPS) is 9.38. The summed E-state index contributed by atoms with van der Waals surface area (Å²) in [6, 6.07) is 3.55. The quantitative estimate of drug-likeness (QED) is 0.870. The second-order valence-corrected chi connectivity index (χ2v) is 3.03. The Morgan fingerprint density at radius 1 is 1.77 bits per heavy atom. The smallest absolute Gasteiger partial charge is 0.412 e. The number of nitrogens with zero attached hydrogens (tertiary/aromatic N) is 1. The second kappa shape index (κ2) is 4.81. The van der Waals surface area contributed by atoms with E-state index in [4.69, 9.17) is 0 Å². The first-order valence-corrected chi connectivity index (χ1v) is 4.57. The van der Waals surface area contributed by atoms with Crippen LogP contribution in [0, 0.1) is 0 Å². The minimum Gasteiger partial charge on any atom is -0.450 e. The fourth-order valence-corrected chi connectivity index (χ4v) is 1.10. The van der Waals surface area contributed by atoms with Crippen LogP contribution in [0.4, 0.5) is 10.6 Å². The molecule has 0 fully saturated rings. The topological polar surface area (TPSA) is 51.2 Å². The van der Waals surface area contributed by atoms with E-state index in [1.165, 1.54) is 0 Å². The lowest BCUT2D eigenvalue weighted by Crippen LogP contribution is -2.14. The minimum absolute atomic E-state index is 0.344. The molecule has 0 saturated carbocycles. The number of anilines is 1. The van der Waals surface area contributed by atoms with Gasteiger partial charge in [-0.05, 0) is 35.0 Å². The molecule has 1 heterocycles. The average Bonchev–Trinajstić information content (AvgIpc) is 2.09. The van der Waals surface area contributed by atoms with Gasteiger partial charge in [0.05, 0.1) is 11.1 Å². The van der Waals surface area contributed by atoms with Gasteiger partial charge < -0.3 is 4.74 Å². The molecule has 0 unspecified atom stereocenters. The molecule has 70 valence electrons. The molecule has 5 heteroatoms. The maximum Gasteiger partial charge on any atom is 0.412 e. The van der Waals surface area contributed by atoms with Gasteiger partial charge in [-0.3, -0.25) is 5.32 Å². The van der Waals surface area contributed by atoms with Gasteiger partial charge >= 0.3 is 6.09 Å². The molecule has 1 aromatic heterocycles. The average molecular weight is 245 g/mol. The van der Waals surface area contributed by atoms with Crippen molar-refractivity contribution in [1.29, 1.82) is 0 Å². The minimum atomic E-state index is -0.498. The van der Waals surface area contributed by atoms with Gasteiger partial charge in [-0.1, -0.05) is 0 Å². The molecule has 1 aromatic rings. The summed E-state index contributed by atoms with van der Waals surface area (Å²) >= 11 is 3.24. The maximum absolute atomic E-state index is 11.0. The summed E-state index contributed by atoms with van der Waals surface area (Å²) in [5.41, 5.74) is 0. The zero-order valence-corrected chi connectivity index (χ0v) is 8.67. The third-order valence-electron chi connectivity index (χ3n) is 1.25. The van der Waals surface area contributed by atoms with Crippen LogP contribution in [0.25, 0.3) is 0 Å². The number of aromatic nitrogens is 1. The molecule has 1 rings (SSSR count). The number of carbonyl (C=O) groups excluding carboxylic acids is 1. The number of ether oxygens (including phenoxy) is 1. The van der Waals surface area contributed by atoms with Crippen LogP contribution in [0.5, 0.6) is 0 Å². The Bertz CT molecular complexity index is 304. The maximum atomic E-state index is 11.0. The van der Waals surface area contributed by atoms with Gasteiger partial charge in [0.15, 0.2) is 0 Å². The number of hydrogen-bond donors (Lipinski definition) is 1. The lowest BCUT2D eigenvalue weighted by Gasteiger charge is -2.04. The van der Waals surface area contributed by atoms with Gasteiger partial charge in [-0.2, -0.15) is 0 Å². The molecule has 1 N–H and O–H groups in total. The number of carbonyl (C=O) groups is 1. The summed E-state index contributed by atoms with van der Waals surface area (Å²) in [7, 11) is 0. The third kappa shape index (κ3) is 3.02. The Hall–Kier alpha value is -1.10. The molecule has 0 aliphatic rings. The van der Waals surface area contributed by atoms with E-state index in [1.54, 1.807) is 25.3 Å². The Balaban J connectivity index is 2.63. The number of rotatable bonds is 2. The van der Waals surface area contributed by atoms with Crippen LogP contribution in [0.2, 0.25) is 0 Å². The van der Waals surface area contributed by atoms with Crippen LogP contribution < -0.4 is 5.32 Å². The predicted octanol–water partition coefficient (Wildman–Crippen LogP) is 2.41. The lowest BCUT2D eigenvalue weighted by molar-refractivity contribution is 0.168. The van der Waals surface area contributed by atoms with Crippen LogP contribution in [0.15, 0.2) is 22.8 Å². The van der Waals surface area contributed by atoms with E-state index in [0.717, 1.165) is 4.47 Å². The fraction of sp³-hybridized carbons (Fsp3) is 0.250. The van der Waals surface area contributed by atoms with Crippen LogP contribution in [-0.4, -0.2) is 17.7 Å². The molecule has 1 amide bonds. The third-order valence-corrected chi connectivity index (χ3v) is 1.89. The summed E-state index contributed by atoms with van der Waals surface area (Å²) in [5.74, 6) is 0.459. The Morgan fingerprint density at radius 2 is 2.54 bits per heavy atom. The van der Waals surface area contributed by atoms with Gasteiger partial charge in [0.1, 0.15) is 5.82 Å². The van der Waals surface area contributed by atoms with Gasteiger partial charge in [-0.25, -0.2) is 9.78 Å². The van der Waals surface area contributed by atoms with Crippen LogP contribution >= 0.6 is 15.9 Å². The van der Waals surface area contributed by atoms with Crippen molar-refractivity contribution in [3.63, 3.8) is 0 Å². The molecule has 4 nitrogen and oxygen atoms in total. The highest BCUT2D eigenvalue weighted by atomic mass is 79.9. The highest BCUT2D eigenvalue weighted by Gasteiger charge is 2.05. The molecule has 0 bridgehead atoms. The van der Waals surface area contributed by atoms with Crippen molar-refractivity contribution in [1.82, 2.24) is 4.98 Å². The molecule has 0 aromatic carbocycles. The van der Waals surface area contributed by atoms with Gasteiger partial charge in [0, 0.05) is 6.20 Å². The standard InChI is InChI=1S/C8H9BrN2O2/c1-2-13-8(12)11-7-6(9)4-3-5-10-7/h3-5H,2H2,1H3,(H,10,11,12). The van der Waals surface area contributed by atoms with E-state index in [1.807, 2.05) is 0 Å². The Morgan fingerprint density at radius 3 is 3.15 bits per heavy atom. The Kier molecular flexibility index (Phi) is 3.70. The molecule has 0 spiro atoms. The molecule has 0 aliphatic heterocycles. The number of nitrogens with one attached hydrogen (secondary N) is 1. The van der Waals surface area contributed by atoms with Crippen molar-refractivity contribution < 1.29 is 9.53 Å². The van der Waals surface area contributed by atoms with E-state index >= 15 is 0 Å². The summed E-state index contributed by atoms with van der Waals surface area (Å²) in [4.78, 5) is 14.9. The fourth-order valence-electron chi connectivity index (χ4n) is 0.742. The van der Waals surface area contributed by atoms with Crippen molar-refractivity contribution >= 4 is 27.8 Å². The monoisotopic (exact) mass is 244 g/mol. The number of halogens is 1. The number of amides is 1. The molecule has 0 aliphatic carbocycles. The summed E-state index contributed by atoms with van der Waals surface area (Å²) in [6.45, 7) is 2.09. The predicted molar refractivity (Wildman–Crippen MR) is 52.6 cm³/mol. The largest absolute Gasteiger partial charge is 0.450 e. The van der Waals surface area contributed by atoms with Gasteiger partial charge in [0.25, 0.3) is 0 Å². The van der Waals surface area contributed by atoms with E-state index < -0.39 is 6.09 Å². The van der Waals surface area contributed by atoms with E-state index in [0.29, 0.717) is 12.4 Å². The first-order chi connectivity index (χ1) is 6.24. The van der Waals surface area contributed by atoms with Crippen LogP contribution in [0.1, 0.15) is 6.92 Å². The van der Waals surface area contributed by atoms with Crippen molar-refractivity contribution in [2.45, 2.75) is 6.92 Å². The molecule has 0 atom stereocenters. The molecule has 0 saturated heterocycles. The number of hydrogen-bond acceptors (Lipinski definition) is 3. The van der Waals surface area contributed by atoms with Crippen LogP contribution in [0.3, 0.4) is 0 Å². The van der Waals surface area contributed by atoms with Crippen molar-refractivity contribution in [3.8, 4) is 0 Å². The van der Waals surface area contributed by atoms with Gasteiger partial charge in [-0.15, -0.1) is 0 Å². The molecule has 0 radical (unpaired) electrons. The van der Waals surface area contributed by atoms with Crippen molar-refractivity contribution in [2.75, 3.05) is 11.9 Å². The first kappa shape index (κ1) is 9.98. The summed E-state index contributed by atoms with van der Waals surface area (Å²) < 4.78 is 5.41. The Labute approximate surface area is 84.4 Å². The number of pyridine rings is 1. The zero-order chi connectivity index (χ0) is 9.68. The zero-order valence-electron chi connectivity index (χ0n) is 7.08. The van der Waals surface area contributed by atoms with E-state index in [-0.39, 0.29) is 0 Å². The summed E-state index contributed by atoms with van der Waals surface area (Å²) in [5, 5.41) is 2.49. The SMILES string of the molecule is CCOC(=O)Nc1ncccc1Br. The molecular formula is C8H9BrN2O2. The lowest BCUT2D eigenvalue weighted by atomic mass is 10.5. The summed E-state index contributed by atoms with van der Waals surface area (Å²) in [6.07, 6.45) is 1.09.